The lowest BCUT2D eigenvalue weighted by molar-refractivity contribution is -0.145. The predicted octanol–water partition coefficient (Wildman–Crippen LogP) is 2.17. The van der Waals surface area contributed by atoms with Crippen molar-refractivity contribution in [3.8, 4) is 0 Å². The third-order valence-corrected chi connectivity index (χ3v) is 2.66. The van der Waals surface area contributed by atoms with E-state index in [0.717, 1.165) is 19.3 Å². The molecule has 0 aromatic rings. The third kappa shape index (κ3) is 6.43. The largest absolute Gasteiger partial charge is 0.469 e. The quantitative estimate of drug-likeness (QED) is 0.629. The maximum atomic E-state index is 11.2. The smallest absolute Gasteiger partial charge is 0.308 e. The highest BCUT2D eigenvalue weighted by molar-refractivity contribution is 5.71. The molecule has 0 spiro atoms. The molecule has 0 rings (SSSR count). The van der Waals surface area contributed by atoms with Crippen LogP contribution in [-0.4, -0.2) is 26.2 Å². The Hall–Kier alpha value is -1.06. The van der Waals surface area contributed by atoms with Gasteiger partial charge in [0.15, 0.2) is 0 Å². The van der Waals surface area contributed by atoms with Crippen LogP contribution >= 0.6 is 0 Å². The number of rotatable bonds is 7. The number of hydrogen-bond donors (Lipinski definition) is 0. The van der Waals surface area contributed by atoms with E-state index in [4.69, 9.17) is 0 Å². The second kappa shape index (κ2) is 8.13. The second-order valence-corrected chi connectivity index (χ2v) is 4.23. The van der Waals surface area contributed by atoms with E-state index in [1.807, 2.05) is 6.92 Å². The first kappa shape index (κ1) is 14.9. The number of methoxy groups -OCH3 is 2. The van der Waals surface area contributed by atoms with Crippen LogP contribution in [0, 0.1) is 11.8 Å². The van der Waals surface area contributed by atoms with E-state index >= 15 is 0 Å². The van der Waals surface area contributed by atoms with Crippen LogP contribution in [-0.2, 0) is 19.1 Å². The molecule has 0 radical (unpaired) electrons. The lowest BCUT2D eigenvalue weighted by Gasteiger charge is -2.15. The average molecular weight is 230 g/mol. The molecule has 0 heterocycles. The molecule has 0 unspecified atom stereocenters. The molecule has 0 saturated heterocycles. The van der Waals surface area contributed by atoms with Gasteiger partial charge in [0, 0.05) is 6.42 Å². The summed E-state index contributed by atoms with van der Waals surface area (Å²) in [6.07, 6.45) is 2.99. The molecule has 0 aliphatic carbocycles. The predicted molar refractivity (Wildman–Crippen MR) is 60.8 cm³/mol. The van der Waals surface area contributed by atoms with Gasteiger partial charge >= 0.3 is 11.9 Å². The molecule has 0 bridgehead atoms. The van der Waals surface area contributed by atoms with Gasteiger partial charge in [-0.05, 0) is 18.8 Å². The monoisotopic (exact) mass is 230 g/mol. The van der Waals surface area contributed by atoms with Gasteiger partial charge in [0.2, 0.25) is 0 Å². The molecule has 0 saturated carbocycles. The van der Waals surface area contributed by atoms with Crippen molar-refractivity contribution in [2.75, 3.05) is 14.2 Å². The van der Waals surface area contributed by atoms with Gasteiger partial charge in [-0.3, -0.25) is 9.59 Å². The fourth-order valence-corrected chi connectivity index (χ4v) is 1.72. The van der Waals surface area contributed by atoms with Crippen molar-refractivity contribution in [1.82, 2.24) is 0 Å². The lowest BCUT2D eigenvalue weighted by Crippen LogP contribution is -2.15. The Kier molecular flexibility index (Phi) is 7.60. The number of ether oxygens (including phenoxy) is 2. The van der Waals surface area contributed by atoms with Gasteiger partial charge < -0.3 is 9.47 Å². The Morgan fingerprint density at radius 1 is 1.12 bits per heavy atom. The minimum atomic E-state index is -0.173. The van der Waals surface area contributed by atoms with Crippen LogP contribution in [0.4, 0.5) is 0 Å². The summed E-state index contributed by atoms with van der Waals surface area (Å²) in [6, 6.07) is 0. The van der Waals surface area contributed by atoms with Gasteiger partial charge in [0.05, 0.1) is 20.1 Å². The van der Waals surface area contributed by atoms with Crippen LogP contribution in [0.25, 0.3) is 0 Å². The first-order chi connectivity index (χ1) is 7.51. The minimum absolute atomic E-state index is 0.0712. The molecule has 0 aromatic heterocycles. The third-order valence-electron chi connectivity index (χ3n) is 2.66. The molecule has 4 nitrogen and oxygen atoms in total. The summed E-state index contributed by atoms with van der Waals surface area (Å²) in [5.74, 6) is 0.00455. The van der Waals surface area contributed by atoms with Crippen molar-refractivity contribution in [2.45, 2.75) is 39.5 Å². The molecular weight excluding hydrogens is 208 g/mol. The number of esters is 2. The molecule has 0 aliphatic rings. The van der Waals surface area contributed by atoms with Crippen LogP contribution in [0.15, 0.2) is 0 Å². The van der Waals surface area contributed by atoms with Crippen molar-refractivity contribution in [2.24, 2.45) is 11.8 Å². The molecule has 2 atom stereocenters. The van der Waals surface area contributed by atoms with E-state index in [0.29, 0.717) is 12.3 Å². The summed E-state index contributed by atoms with van der Waals surface area (Å²) in [5.41, 5.74) is 0. The van der Waals surface area contributed by atoms with Crippen LogP contribution in [0.3, 0.4) is 0 Å². The van der Waals surface area contributed by atoms with Crippen molar-refractivity contribution in [3.05, 3.63) is 0 Å². The highest BCUT2D eigenvalue weighted by atomic mass is 16.5. The van der Waals surface area contributed by atoms with Crippen molar-refractivity contribution in [1.29, 1.82) is 0 Å². The summed E-state index contributed by atoms with van der Waals surface area (Å²) in [7, 11) is 2.80. The second-order valence-electron chi connectivity index (χ2n) is 4.23. The molecule has 16 heavy (non-hydrogen) atoms. The number of carbonyl (C=O) groups is 2. The molecule has 94 valence electrons. The number of hydrogen-bond acceptors (Lipinski definition) is 4. The van der Waals surface area contributed by atoms with E-state index in [2.05, 4.69) is 16.4 Å². The topological polar surface area (TPSA) is 52.6 Å². The molecule has 0 aliphatic heterocycles. The van der Waals surface area contributed by atoms with Crippen molar-refractivity contribution < 1.29 is 19.1 Å². The van der Waals surface area contributed by atoms with Gasteiger partial charge in [-0.2, -0.15) is 0 Å². The van der Waals surface area contributed by atoms with Crippen molar-refractivity contribution >= 4 is 11.9 Å². The summed E-state index contributed by atoms with van der Waals surface area (Å²) >= 11 is 0. The summed E-state index contributed by atoms with van der Waals surface area (Å²) in [4.78, 5) is 22.1. The normalized spacial score (nSPS) is 14.0. The lowest BCUT2D eigenvalue weighted by atomic mass is 9.93. The zero-order valence-electron chi connectivity index (χ0n) is 10.6. The van der Waals surface area contributed by atoms with E-state index in [1.54, 1.807) is 0 Å². The van der Waals surface area contributed by atoms with Gasteiger partial charge in [-0.1, -0.05) is 20.3 Å². The van der Waals surface area contributed by atoms with Crippen LogP contribution < -0.4 is 0 Å². The maximum Gasteiger partial charge on any atom is 0.308 e. The number of carbonyl (C=O) groups excluding carboxylic acids is 2. The van der Waals surface area contributed by atoms with Crippen LogP contribution in [0.2, 0.25) is 0 Å². The molecule has 0 fully saturated rings. The van der Waals surface area contributed by atoms with E-state index in [-0.39, 0.29) is 17.9 Å². The molecule has 0 amide bonds. The van der Waals surface area contributed by atoms with Crippen LogP contribution in [0.5, 0.6) is 0 Å². The highest BCUT2D eigenvalue weighted by Gasteiger charge is 2.16. The Morgan fingerprint density at radius 3 is 2.25 bits per heavy atom. The first-order valence-electron chi connectivity index (χ1n) is 5.65. The van der Waals surface area contributed by atoms with E-state index < -0.39 is 0 Å². The van der Waals surface area contributed by atoms with Crippen LogP contribution in [0.1, 0.15) is 39.5 Å². The maximum absolute atomic E-state index is 11.2. The Bertz CT molecular complexity index is 225. The fourth-order valence-electron chi connectivity index (χ4n) is 1.72. The first-order valence-corrected chi connectivity index (χ1v) is 5.65. The zero-order chi connectivity index (χ0) is 12.6. The van der Waals surface area contributed by atoms with E-state index in [9.17, 15) is 9.59 Å². The average Bonchev–Trinajstić information content (AvgIpc) is 2.27. The van der Waals surface area contributed by atoms with Gasteiger partial charge in [0.25, 0.3) is 0 Å². The van der Waals surface area contributed by atoms with Crippen molar-refractivity contribution in [3.63, 3.8) is 0 Å². The molecule has 0 N–H and O–H groups in total. The summed E-state index contributed by atoms with van der Waals surface area (Å²) in [5, 5.41) is 0. The molecule has 4 heteroatoms. The molecule has 0 aromatic carbocycles. The van der Waals surface area contributed by atoms with E-state index in [1.165, 1.54) is 14.2 Å². The Labute approximate surface area is 97.3 Å². The molecular formula is C12H22O4. The minimum Gasteiger partial charge on any atom is -0.469 e. The van der Waals surface area contributed by atoms with Gasteiger partial charge in [0.1, 0.15) is 0 Å². The Balaban J connectivity index is 3.69. The van der Waals surface area contributed by atoms with Gasteiger partial charge in [-0.15, -0.1) is 0 Å². The highest BCUT2D eigenvalue weighted by Crippen LogP contribution is 2.18. The SMILES string of the molecule is COC(=O)CCC[C@H](C)C[C@H](C)C(=O)OC. The zero-order valence-corrected chi connectivity index (χ0v) is 10.6. The summed E-state index contributed by atoms with van der Waals surface area (Å²) < 4.78 is 9.22. The standard InChI is InChI=1S/C12H22O4/c1-9(6-5-7-11(13)15-3)8-10(2)12(14)16-4/h9-10H,5-8H2,1-4H3/t9-,10-/m0/s1. The van der Waals surface area contributed by atoms with Gasteiger partial charge in [-0.25, -0.2) is 0 Å². The Morgan fingerprint density at radius 2 is 1.75 bits per heavy atom. The fraction of sp³-hybridized carbons (Fsp3) is 0.833. The summed E-state index contributed by atoms with van der Waals surface area (Å²) in [6.45, 7) is 3.94.